The van der Waals surface area contributed by atoms with E-state index in [9.17, 15) is 0 Å². The largest absolute Gasteiger partial charge is 0.692 e. The summed E-state index contributed by atoms with van der Waals surface area (Å²) in [6.45, 7) is 3.16. The van der Waals surface area contributed by atoms with Crippen molar-refractivity contribution in [1.82, 2.24) is 0 Å². The van der Waals surface area contributed by atoms with Crippen LogP contribution in [0.1, 0.15) is 96.8 Å². The maximum Gasteiger partial charge on any atom is 0.692 e. The van der Waals surface area contributed by atoms with Crippen LogP contribution in [-0.4, -0.2) is 16.3 Å². The van der Waals surface area contributed by atoms with Gasteiger partial charge in [0, 0.05) is 4.57 Å². The van der Waals surface area contributed by atoms with Crippen molar-refractivity contribution >= 4 is 8.25 Å². The highest BCUT2D eigenvalue weighted by Crippen LogP contribution is 2.12. The Balaban J connectivity index is 0. The molecule has 0 aromatic carbocycles. The lowest BCUT2D eigenvalue weighted by Crippen LogP contribution is -1.97. The maximum absolute atomic E-state index is 8.70. The minimum absolute atomic E-state index is 0.873. The van der Waals surface area contributed by atoms with Gasteiger partial charge in [-0.3, -0.25) is 0 Å². The van der Waals surface area contributed by atoms with Crippen molar-refractivity contribution in [1.29, 1.82) is 0 Å². The Bertz CT molecular complexity index is 186. The van der Waals surface area contributed by atoms with Gasteiger partial charge in [-0.25, -0.2) is 0 Å². The van der Waals surface area contributed by atoms with Crippen molar-refractivity contribution in [3.8, 4) is 0 Å². The topological polar surface area (TPSA) is 83.6 Å². The van der Waals surface area contributed by atoms with Crippen LogP contribution in [0.5, 0.6) is 0 Å². The van der Waals surface area contributed by atoms with Gasteiger partial charge in [0.25, 0.3) is 0 Å². The highest BCUT2D eigenvalue weighted by atomic mass is 31.1. The maximum atomic E-state index is 8.70. The van der Waals surface area contributed by atoms with Gasteiger partial charge in [-0.2, -0.15) is 0 Å². The average Bonchev–Trinajstić information content (AvgIpc) is 2.43. The summed E-state index contributed by atoms with van der Waals surface area (Å²) in [5, 5.41) is 0. The van der Waals surface area contributed by atoms with E-state index in [2.05, 4.69) is 6.92 Å². The van der Waals surface area contributed by atoms with Crippen molar-refractivity contribution in [2.45, 2.75) is 96.8 Å². The molecule has 0 saturated carbocycles. The van der Waals surface area contributed by atoms with E-state index < -0.39 is 8.25 Å². The molecule has 0 aliphatic carbocycles. The molecule has 0 bridgehead atoms. The zero-order valence-electron chi connectivity index (χ0n) is 13.9. The smallest absolute Gasteiger partial charge is 0.330 e. The van der Waals surface area contributed by atoms with E-state index >= 15 is 0 Å². The second kappa shape index (κ2) is 22.3. The molecule has 5 heteroatoms. The quantitative estimate of drug-likeness (QED) is 0.308. The van der Waals surface area contributed by atoms with Gasteiger partial charge >= 0.3 is 8.25 Å². The molecule has 0 aliphatic heterocycles. The van der Waals surface area contributed by atoms with Gasteiger partial charge in [0.15, 0.2) is 0 Å². The molecule has 4 N–H and O–H groups in total. The minimum atomic E-state index is -2.87. The monoisotopic (exact) mass is 322 g/mol. The fourth-order valence-corrected chi connectivity index (χ4v) is 2.34. The molecule has 21 heavy (non-hydrogen) atoms. The van der Waals surface area contributed by atoms with Crippen LogP contribution in [0.3, 0.4) is 0 Å². The molecule has 0 spiro atoms. The molecule has 0 rings (SSSR count). The zero-order valence-corrected chi connectivity index (χ0v) is 14.8. The molecule has 0 aromatic rings. The Morgan fingerprint density at radius 3 is 1.14 bits per heavy atom. The molecular weight excluding hydrogens is 285 g/mol. The fourth-order valence-electron chi connectivity index (χ4n) is 2.34. The third-order valence-electron chi connectivity index (χ3n) is 3.56. The molecule has 128 valence electrons. The Morgan fingerprint density at radius 2 is 0.905 bits per heavy atom. The molecule has 0 aliphatic rings. The van der Waals surface area contributed by atoms with E-state index in [4.69, 9.17) is 20.1 Å². The summed E-state index contributed by atoms with van der Waals surface area (Å²) in [7, 11) is -2.87. The molecule has 0 heterocycles. The van der Waals surface area contributed by atoms with E-state index in [0.717, 1.165) is 6.54 Å². The molecule has 0 radical (unpaired) electrons. The summed E-state index contributed by atoms with van der Waals surface area (Å²) < 4.78 is 8.70. The normalized spacial score (nSPS) is 10.1. The standard InChI is InChI=1S/C16H35N.HO3P/c1-2-3-4-5-6-7-8-9-10-11-12-13-14-15-16-17;1-4(2)3/h2-17H2,1H3;(H-,1,2,3)/p+1. The molecule has 4 nitrogen and oxygen atoms in total. The summed E-state index contributed by atoms with van der Waals surface area (Å²) in [6, 6.07) is 0. The summed E-state index contributed by atoms with van der Waals surface area (Å²) in [5.41, 5.74) is 5.47. The van der Waals surface area contributed by atoms with Crippen LogP contribution >= 0.6 is 8.25 Å². The van der Waals surface area contributed by atoms with Crippen LogP contribution in [0.2, 0.25) is 0 Å². The van der Waals surface area contributed by atoms with Crippen LogP contribution in [0.15, 0.2) is 0 Å². The summed E-state index contributed by atoms with van der Waals surface area (Å²) >= 11 is 0. The van der Waals surface area contributed by atoms with Gasteiger partial charge in [0.2, 0.25) is 0 Å². The van der Waals surface area contributed by atoms with Crippen molar-refractivity contribution in [3.05, 3.63) is 0 Å². The van der Waals surface area contributed by atoms with Crippen LogP contribution in [0.25, 0.3) is 0 Å². The summed E-state index contributed by atoms with van der Waals surface area (Å²) in [4.78, 5) is 14.2. The molecule has 0 unspecified atom stereocenters. The molecule has 0 atom stereocenters. The average molecular weight is 322 g/mol. The van der Waals surface area contributed by atoms with E-state index in [-0.39, 0.29) is 0 Å². The molecule has 0 saturated heterocycles. The van der Waals surface area contributed by atoms with Gasteiger partial charge in [-0.15, -0.1) is 9.79 Å². The predicted molar refractivity (Wildman–Crippen MR) is 91.4 cm³/mol. The lowest BCUT2D eigenvalue weighted by atomic mass is 10.0. The van der Waals surface area contributed by atoms with Crippen LogP contribution < -0.4 is 5.73 Å². The van der Waals surface area contributed by atoms with Crippen LogP contribution in [0, 0.1) is 0 Å². The van der Waals surface area contributed by atoms with Crippen molar-refractivity contribution in [2.75, 3.05) is 6.54 Å². The minimum Gasteiger partial charge on any atom is -0.330 e. The second-order valence-corrected chi connectivity index (χ2v) is 6.14. The molecular formula is C16H37NO3P+. The Hall–Kier alpha value is -0.0200. The second-order valence-electron chi connectivity index (χ2n) is 5.64. The Labute approximate surface area is 132 Å². The number of unbranched alkanes of at least 4 members (excludes halogenated alkanes) is 13. The Morgan fingerprint density at radius 1 is 0.667 bits per heavy atom. The van der Waals surface area contributed by atoms with Crippen LogP contribution in [0.4, 0.5) is 0 Å². The van der Waals surface area contributed by atoms with Gasteiger partial charge in [0.1, 0.15) is 0 Å². The number of nitrogens with two attached hydrogens (primary N) is 1. The number of rotatable bonds is 14. The zero-order chi connectivity index (χ0) is 16.2. The third-order valence-corrected chi connectivity index (χ3v) is 3.56. The SMILES string of the molecule is CCCCCCCCCCCCCCCCN.O=[P+](O)O. The van der Waals surface area contributed by atoms with Crippen molar-refractivity contribution in [3.63, 3.8) is 0 Å². The van der Waals surface area contributed by atoms with E-state index in [1.165, 1.54) is 89.9 Å². The van der Waals surface area contributed by atoms with Crippen molar-refractivity contribution < 1.29 is 14.4 Å². The lowest BCUT2D eigenvalue weighted by Gasteiger charge is -2.02. The number of hydrogen-bond acceptors (Lipinski definition) is 2. The molecule has 0 aromatic heterocycles. The first-order valence-electron chi connectivity index (χ1n) is 8.70. The number of hydrogen-bond donors (Lipinski definition) is 3. The highest BCUT2D eigenvalue weighted by molar-refractivity contribution is 7.30. The first-order chi connectivity index (χ1) is 10.1. The van der Waals surface area contributed by atoms with Gasteiger partial charge < -0.3 is 5.73 Å². The predicted octanol–water partition coefficient (Wildman–Crippen LogP) is 5.05. The van der Waals surface area contributed by atoms with Gasteiger partial charge in [-0.1, -0.05) is 90.4 Å². The first kappa shape index (κ1) is 23.2. The van der Waals surface area contributed by atoms with Gasteiger partial charge in [-0.05, 0) is 13.0 Å². The molecule has 0 amide bonds. The van der Waals surface area contributed by atoms with E-state index in [0.29, 0.717) is 0 Å². The fraction of sp³-hybridized carbons (Fsp3) is 1.00. The summed E-state index contributed by atoms with van der Waals surface area (Å²) in [6.07, 6.45) is 19.9. The van der Waals surface area contributed by atoms with Crippen molar-refractivity contribution in [2.24, 2.45) is 5.73 Å². The third kappa shape index (κ3) is 33.0. The lowest BCUT2D eigenvalue weighted by molar-refractivity contribution is 0.405. The molecule has 0 fully saturated rings. The van der Waals surface area contributed by atoms with Crippen LogP contribution in [-0.2, 0) is 4.57 Å². The first-order valence-corrected chi connectivity index (χ1v) is 9.86. The van der Waals surface area contributed by atoms with Gasteiger partial charge in [0.05, 0.1) is 0 Å². The summed E-state index contributed by atoms with van der Waals surface area (Å²) in [5.74, 6) is 0. The Kier molecular flexibility index (Phi) is 24.6. The van der Waals surface area contributed by atoms with E-state index in [1.807, 2.05) is 0 Å². The van der Waals surface area contributed by atoms with E-state index in [1.54, 1.807) is 0 Å². The highest BCUT2D eigenvalue weighted by Gasteiger charge is 1.93.